The highest BCUT2D eigenvalue weighted by Gasteiger charge is 2.24. The Kier molecular flexibility index (Phi) is 6.53. The minimum Gasteiger partial charge on any atom is -0.493 e. The van der Waals surface area contributed by atoms with Crippen molar-refractivity contribution in [3.63, 3.8) is 0 Å². The van der Waals surface area contributed by atoms with Crippen molar-refractivity contribution < 1.29 is 18.9 Å². The Morgan fingerprint density at radius 1 is 1.27 bits per heavy atom. The molecule has 11 heteroatoms. The molecule has 10 nitrogen and oxygen atoms in total. The van der Waals surface area contributed by atoms with Crippen molar-refractivity contribution in [2.45, 2.75) is 6.42 Å². The topological polar surface area (TPSA) is 126 Å². The number of halogens is 1. The Morgan fingerprint density at radius 3 is 2.86 bits per heavy atom. The van der Waals surface area contributed by atoms with Crippen LogP contribution in [-0.2, 0) is 6.42 Å². The number of aromatic nitrogens is 3. The number of rotatable bonds is 9. The van der Waals surface area contributed by atoms with E-state index in [1.54, 1.807) is 19.4 Å². The number of aromatic amines is 2. The van der Waals surface area contributed by atoms with Gasteiger partial charge in [-0.2, -0.15) is 0 Å². The number of likely N-dealkylation sites (N-methyl/N-ethyl adjacent to an activating group) is 1. The predicted molar refractivity (Wildman–Crippen MR) is 142 cm³/mol. The minimum absolute atomic E-state index is 0.228. The lowest BCUT2D eigenvalue weighted by molar-refractivity contribution is -0.333. The Balaban J connectivity index is 1.50. The summed E-state index contributed by atoms with van der Waals surface area (Å²) in [7, 11) is 5.77. The lowest BCUT2D eigenvalue weighted by Gasteiger charge is -2.22. The summed E-state index contributed by atoms with van der Waals surface area (Å²) >= 11 is 0. The molecule has 1 aliphatic heterocycles. The van der Waals surface area contributed by atoms with Crippen LogP contribution in [0, 0.1) is 5.82 Å². The first-order valence-corrected chi connectivity index (χ1v) is 12.0. The minimum atomic E-state index is -0.867. The molecule has 0 fully saturated rings. The van der Waals surface area contributed by atoms with Crippen LogP contribution in [0.2, 0.25) is 0 Å². The van der Waals surface area contributed by atoms with Gasteiger partial charge >= 0.3 is 5.95 Å². The van der Waals surface area contributed by atoms with Crippen molar-refractivity contribution >= 4 is 45.8 Å². The summed E-state index contributed by atoms with van der Waals surface area (Å²) in [6, 6.07) is 10.2. The van der Waals surface area contributed by atoms with Crippen LogP contribution in [0.15, 0.2) is 42.6 Å². The largest absolute Gasteiger partial charge is 0.493 e. The van der Waals surface area contributed by atoms with Crippen molar-refractivity contribution in [2.24, 2.45) is 5.73 Å². The van der Waals surface area contributed by atoms with E-state index in [0.717, 1.165) is 42.8 Å². The molecule has 0 unspecified atom stereocenters. The summed E-state index contributed by atoms with van der Waals surface area (Å²) in [5, 5.41) is 7.14. The van der Waals surface area contributed by atoms with E-state index in [9.17, 15) is 9.18 Å². The van der Waals surface area contributed by atoms with Gasteiger partial charge in [0.1, 0.15) is 11.5 Å². The molecule has 0 aliphatic carbocycles. The second-order valence-corrected chi connectivity index (χ2v) is 9.20. The number of nitrogens with one attached hydrogen (secondary N) is 4. The van der Waals surface area contributed by atoms with Gasteiger partial charge in [0.15, 0.2) is 5.75 Å². The third-order valence-corrected chi connectivity index (χ3v) is 6.44. The van der Waals surface area contributed by atoms with Gasteiger partial charge < -0.3 is 25.6 Å². The molecule has 2 aromatic heterocycles. The van der Waals surface area contributed by atoms with E-state index in [0.29, 0.717) is 23.2 Å². The van der Waals surface area contributed by atoms with Gasteiger partial charge in [0.2, 0.25) is 11.5 Å². The average Bonchev–Trinajstić information content (AvgIpc) is 3.49. The molecule has 37 heavy (non-hydrogen) atoms. The predicted octanol–water partition coefficient (Wildman–Crippen LogP) is 3.03. The number of methoxy groups -OCH3 is 1. The summed E-state index contributed by atoms with van der Waals surface area (Å²) in [6.45, 7) is 2.84. The van der Waals surface area contributed by atoms with Crippen LogP contribution in [0.1, 0.15) is 15.9 Å². The van der Waals surface area contributed by atoms with E-state index >= 15 is 0 Å². The van der Waals surface area contributed by atoms with E-state index in [-0.39, 0.29) is 11.3 Å². The normalized spacial score (nSPS) is 12.7. The van der Waals surface area contributed by atoms with Crippen molar-refractivity contribution in [3.8, 4) is 5.75 Å². The molecule has 0 atom stereocenters. The van der Waals surface area contributed by atoms with Gasteiger partial charge in [-0.15, -0.1) is 0 Å². The van der Waals surface area contributed by atoms with Gasteiger partial charge in [0.25, 0.3) is 5.91 Å². The first-order valence-electron chi connectivity index (χ1n) is 12.0. The number of anilines is 5. The number of carbonyl (C=O) groups is 1. The highest BCUT2D eigenvalue weighted by atomic mass is 19.1. The fourth-order valence-electron chi connectivity index (χ4n) is 4.58. The number of nitrogens with two attached hydrogens (primary N) is 1. The average molecular weight is 506 g/mol. The molecular weight excluding hydrogens is 475 g/mol. The number of carbonyl (C=O) groups excluding carboxylic acids is 1. The Hall–Kier alpha value is -4.38. The second-order valence-electron chi connectivity index (χ2n) is 9.20. The summed E-state index contributed by atoms with van der Waals surface area (Å²) in [5.74, 6) is -0.0339. The van der Waals surface area contributed by atoms with Crippen LogP contribution in [-0.4, -0.2) is 61.6 Å². The molecule has 0 bridgehead atoms. The van der Waals surface area contributed by atoms with E-state index in [2.05, 4.69) is 56.6 Å². The number of primary amides is 1. The summed E-state index contributed by atoms with van der Waals surface area (Å²) < 4.78 is 20.0. The zero-order valence-electron chi connectivity index (χ0n) is 21.0. The highest BCUT2D eigenvalue weighted by Crippen LogP contribution is 2.38. The van der Waals surface area contributed by atoms with Gasteiger partial charge in [-0.1, -0.05) is 11.1 Å². The number of hydrogen-bond acceptors (Lipinski definition) is 7. The molecule has 0 radical (unpaired) electrons. The van der Waals surface area contributed by atoms with E-state index < -0.39 is 11.7 Å². The molecule has 2 aromatic carbocycles. The number of H-pyrrole nitrogens is 2. The third-order valence-electron chi connectivity index (χ3n) is 6.44. The molecule has 1 aliphatic rings. The molecule has 192 valence electrons. The van der Waals surface area contributed by atoms with Crippen LogP contribution in [0.5, 0.6) is 5.75 Å². The van der Waals surface area contributed by atoms with Gasteiger partial charge in [-0.25, -0.2) is 9.37 Å². The Morgan fingerprint density at radius 2 is 2.11 bits per heavy atom. The maximum atomic E-state index is 14.3. The molecule has 0 saturated heterocycles. The molecule has 5 rings (SSSR count). The van der Waals surface area contributed by atoms with Gasteiger partial charge in [-0.05, 0) is 50.3 Å². The molecule has 4 aromatic rings. The summed E-state index contributed by atoms with van der Waals surface area (Å²) in [5.41, 5.74) is 9.28. The molecule has 1 amide bonds. The lowest BCUT2D eigenvalue weighted by atomic mass is 10.1. The number of ether oxygens (including phenoxy) is 1. The molecule has 3 heterocycles. The van der Waals surface area contributed by atoms with Crippen molar-refractivity contribution in [3.05, 3.63) is 59.5 Å². The zero-order chi connectivity index (χ0) is 26.1. The van der Waals surface area contributed by atoms with Crippen LogP contribution in [0.25, 0.3) is 11.0 Å². The molecule has 0 spiro atoms. The van der Waals surface area contributed by atoms with Crippen LogP contribution in [0.3, 0.4) is 0 Å². The maximum absolute atomic E-state index is 14.3. The number of benzene rings is 2. The Labute approximate surface area is 213 Å². The van der Waals surface area contributed by atoms with Crippen LogP contribution in [0.4, 0.5) is 33.2 Å². The van der Waals surface area contributed by atoms with E-state index in [1.165, 1.54) is 17.7 Å². The van der Waals surface area contributed by atoms with Crippen molar-refractivity contribution in [1.82, 2.24) is 14.9 Å². The van der Waals surface area contributed by atoms with Crippen molar-refractivity contribution in [2.75, 3.05) is 56.4 Å². The number of amides is 1. The number of nitrogens with zero attached hydrogens (tertiary/aromatic N) is 3. The quantitative estimate of drug-likeness (QED) is 0.276. The Bertz CT molecular complexity index is 1470. The summed E-state index contributed by atoms with van der Waals surface area (Å²) in [4.78, 5) is 27.5. The second kappa shape index (κ2) is 9.94. The highest BCUT2D eigenvalue weighted by molar-refractivity contribution is 6.00. The van der Waals surface area contributed by atoms with Crippen molar-refractivity contribution in [1.29, 1.82) is 0 Å². The first-order chi connectivity index (χ1) is 17.8. The van der Waals surface area contributed by atoms with Crippen LogP contribution >= 0.6 is 0 Å². The van der Waals surface area contributed by atoms with Gasteiger partial charge in [0.05, 0.1) is 23.7 Å². The third kappa shape index (κ3) is 4.85. The fourth-order valence-corrected chi connectivity index (χ4v) is 4.58. The summed E-state index contributed by atoms with van der Waals surface area (Å²) in [6.07, 6.45) is 2.72. The van der Waals surface area contributed by atoms with E-state index in [1.807, 2.05) is 6.07 Å². The lowest BCUT2D eigenvalue weighted by Crippen LogP contribution is -2.30. The van der Waals surface area contributed by atoms with E-state index in [4.69, 9.17) is 15.5 Å². The monoisotopic (exact) mass is 505 g/mol. The number of fused-ring (bicyclic) bond motifs is 2. The van der Waals surface area contributed by atoms with Crippen LogP contribution < -0.4 is 31.0 Å². The standard InChI is InChI=1S/C26H29FN8O2/c1-34(2)11-12-35-10-8-15-13-21(37-3)19(14-20(15)35)31-26-32-24-16(7-9-29-24)25(33-26)30-18-6-4-5-17(27)22(18)23(28)36/h4-7,9,13-14H,8,10-12H2,1-3H3,(H2,28,36)(H3,29,30,31,32,33)/p+1. The molecular formula is C26H30FN8O2+. The smallest absolute Gasteiger partial charge is 0.351 e. The molecule has 0 saturated carbocycles. The SMILES string of the molecule is COc1cc2c(cc1Nc1nc(Nc3cccc(F)c3C(N)=O)c3cc[nH]c3[nH+]1)N(CCN(C)C)CC2. The maximum Gasteiger partial charge on any atom is 0.351 e. The molecule has 6 N–H and O–H groups in total. The van der Waals surface area contributed by atoms with Gasteiger partial charge in [-0.3, -0.25) is 15.1 Å². The first kappa shape index (κ1) is 24.3. The number of hydrogen-bond donors (Lipinski definition) is 4. The van der Waals surface area contributed by atoms with Gasteiger partial charge in [0, 0.05) is 37.6 Å². The zero-order valence-corrected chi connectivity index (χ0v) is 21.0. The fraction of sp³-hybridized carbons (Fsp3) is 0.269.